The maximum absolute atomic E-state index is 12.9. The second kappa shape index (κ2) is 7.83. The van der Waals surface area contributed by atoms with Gasteiger partial charge in [-0.3, -0.25) is 14.3 Å². The van der Waals surface area contributed by atoms with Gasteiger partial charge in [-0.15, -0.1) is 0 Å². The zero-order valence-electron chi connectivity index (χ0n) is 15.8. The van der Waals surface area contributed by atoms with E-state index in [0.717, 1.165) is 31.5 Å². The number of aryl methyl sites for hydroxylation is 1. The predicted octanol–water partition coefficient (Wildman–Crippen LogP) is 2.70. The van der Waals surface area contributed by atoms with E-state index >= 15 is 0 Å². The Kier molecular flexibility index (Phi) is 5.26. The molecule has 0 radical (unpaired) electrons. The molecule has 0 saturated carbocycles. The van der Waals surface area contributed by atoms with Gasteiger partial charge in [0.1, 0.15) is 11.4 Å². The SMILES string of the molecule is COc1cc(Cl)ccc1C(=O)N1CCC(c2cc3n(n2)CCCNC3=O)CC1. The standard InChI is InChI=1S/C20H23ClN4O3/c1-28-18-11-14(21)3-4-15(18)20(27)24-9-5-13(6-10-24)16-12-17-19(26)22-7-2-8-25(17)23-16/h3-4,11-13H,2,5-10H2,1H3,(H,22,26). The summed E-state index contributed by atoms with van der Waals surface area (Å²) in [5.74, 6) is 0.637. The number of rotatable bonds is 3. The number of hydrogen-bond donors (Lipinski definition) is 1. The Bertz CT molecular complexity index is 903. The van der Waals surface area contributed by atoms with Crippen molar-refractivity contribution in [1.29, 1.82) is 0 Å². The summed E-state index contributed by atoms with van der Waals surface area (Å²) < 4.78 is 7.13. The van der Waals surface area contributed by atoms with Gasteiger partial charge in [-0.05, 0) is 43.5 Å². The highest BCUT2D eigenvalue weighted by atomic mass is 35.5. The van der Waals surface area contributed by atoms with Crippen LogP contribution in [0.5, 0.6) is 5.75 Å². The van der Waals surface area contributed by atoms with E-state index in [1.54, 1.807) is 18.2 Å². The molecule has 0 bridgehead atoms. The minimum absolute atomic E-state index is 0.0491. The Morgan fingerprint density at radius 1 is 1.25 bits per heavy atom. The lowest BCUT2D eigenvalue weighted by Gasteiger charge is -2.31. The van der Waals surface area contributed by atoms with Gasteiger partial charge in [-0.2, -0.15) is 5.10 Å². The van der Waals surface area contributed by atoms with Gasteiger partial charge in [0.15, 0.2) is 0 Å². The summed E-state index contributed by atoms with van der Waals surface area (Å²) in [6, 6.07) is 6.98. The Morgan fingerprint density at radius 2 is 2.04 bits per heavy atom. The number of fused-ring (bicyclic) bond motifs is 1. The highest BCUT2D eigenvalue weighted by Gasteiger charge is 2.29. The number of carbonyl (C=O) groups excluding carboxylic acids is 2. The predicted molar refractivity (Wildman–Crippen MR) is 105 cm³/mol. The molecule has 0 unspecified atom stereocenters. The number of amides is 2. The van der Waals surface area contributed by atoms with Crippen LogP contribution in [0.15, 0.2) is 24.3 Å². The molecular formula is C20H23ClN4O3. The number of benzene rings is 1. The van der Waals surface area contributed by atoms with E-state index in [-0.39, 0.29) is 17.7 Å². The number of nitrogens with zero attached hydrogens (tertiary/aromatic N) is 3. The number of carbonyl (C=O) groups is 2. The van der Waals surface area contributed by atoms with Gasteiger partial charge in [0.25, 0.3) is 11.8 Å². The normalized spacial score (nSPS) is 17.6. The Morgan fingerprint density at radius 3 is 2.79 bits per heavy atom. The first kappa shape index (κ1) is 18.8. The largest absolute Gasteiger partial charge is 0.496 e. The van der Waals surface area contributed by atoms with Crippen LogP contribution in [-0.2, 0) is 6.54 Å². The Balaban J connectivity index is 1.45. The molecule has 8 heteroatoms. The van der Waals surface area contributed by atoms with E-state index < -0.39 is 0 Å². The lowest BCUT2D eigenvalue weighted by molar-refractivity contribution is 0.0708. The number of ether oxygens (including phenoxy) is 1. The van der Waals surface area contributed by atoms with Crippen LogP contribution in [0.2, 0.25) is 5.02 Å². The van der Waals surface area contributed by atoms with Crippen LogP contribution in [0.3, 0.4) is 0 Å². The minimum Gasteiger partial charge on any atom is -0.496 e. The summed E-state index contributed by atoms with van der Waals surface area (Å²) >= 11 is 5.99. The van der Waals surface area contributed by atoms with Crippen molar-refractivity contribution >= 4 is 23.4 Å². The number of methoxy groups -OCH3 is 1. The average Bonchev–Trinajstić information content (AvgIpc) is 3.07. The van der Waals surface area contributed by atoms with Crippen LogP contribution in [0.25, 0.3) is 0 Å². The molecule has 0 atom stereocenters. The van der Waals surface area contributed by atoms with Gasteiger partial charge in [0.05, 0.1) is 18.4 Å². The molecule has 28 heavy (non-hydrogen) atoms. The fourth-order valence-corrected chi connectivity index (χ4v) is 4.06. The molecule has 3 heterocycles. The Hall–Kier alpha value is -2.54. The monoisotopic (exact) mass is 402 g/mol. The third kappa shape index (κ3) is 3.58. The molecule has 7 nitrogen and oxygen atoms in total. The van der Waals surface area contributed by atoms with Crippen LogP contribution < -0.4 is 10.1 Å². The number of likely N-dealkylation sites (tertiary alicyclic amines) is 1. The van der Waals surface area contributed by atoms with Crippen molar-refractivity contribution in [2.75, 3.05) is 26.7 Å². The lowest BCUT2D eigenvalue weighted by Crippen LogP contribution is -2.38. The topological polar surface area (TPSA) is 76.5 Å². The zero-order valence-corrected chi connectivity index (χ0v) is 16.5. The second-order valence-electron chi connectivity index (χ2n) is 7.20. The number of nitrogens with one attached hydrogen (secondary N) is 1. The van der Waals surface area contributed by atoms with Crippen molar-refractivity contribution in [2.45, 2.75) is 31.7 Å². The Labute approximate surface area is 168 Å². The lowest BCUT2D eigenvalue weighted by atomic mass is 9.93. The second-order valence-corrected chi connectivity index (χ2v) is 7.63. The molecular weight excluding hydrogens is 380 g/mol. The van der Waals surface area contributed by atoms with E-state index in [9.17, 15) is 9.59 Å². The summed E-state index contributed by atoms with van der Waals surface area (Å²) in [6.45, 7) is 2.72. The molecule has 1 aromatic heterocycles. The average molecular weight is 403 g/mol. The van der Waals surface area contributed by atoms with Gasteiger partial charge in [0, 0.05) is 37.1 Å². The van der Waals surface area contributed by atoms with Crippen molar-refractivity contribution in [3.05, 3.63) is 46.2 Å². The molecule has 1 N–H and O–H groups in total. The van der Waals surface area contributed by atoms with Gasteiger partial charge in [-0.1, -0.05) is 11.6 Å². The van der Waals surface area contributed by atoms with Gasteiger partial charge in [-0.25, -0.2) is 0 Å². The number of aromatic nitrogens is 2. The molecule has 2 amide bonds. The molecule has 1 fully saturated rings. The summed E-state index contributed by atoms with van der Waals surface area (Å²) in [5, 5.41) is 8.10. The van der Waals surface area contributed by atoms with Gasteiger partial charge >= 0.3 is 0 Å². The molecule has 0 aliphatic carbocycles. The molecule has 1 saturated heterocycles. The third-order valence-corrected chi connectivity index (χ3v) is 5.69. The van der Waals surface area contributed by atoms with Crippen molar-refractivity contribution in [3.8, 4) is 5.75 Å². The maximum Gasteiger partial charge on any atom is 0.269 e. The maximum atomic E-state index is 12.9. The van der Waals surface area contributed by atoms with E-state index in [0.29, 0.717) is 41.7 Å². The molecule has 1 aromatic carbocycles. The smallest absolute Gasteiger partial charge is 0.269 e. The van der Waals surface area contributed by atoms with Crippen molar-refractivity contribution < 1.29 is 14.3 Å². The van der Waals surface area contributed by atoms with Crippen LogP contribution in [-0.4, -0.2) is 53.2 Å². The van der Waals surface area contributed by atoms with Gasteiger partial charge < -0.3 is 15.0 Å². The van der Waals surface area contributed by atoms with Crippen LogP contribution in [0, 0.1) is 0 Å². The third-order valence-electron chi connectivity index (χ3n) is 5.46. The van der Waals surface area contributed by atoms with Crippen LogP contribution >= 0.6 is 11.6 Å². The van der Waals surface area contributed by atoms with Crippen molar-refractivity contribution in [3.63, 3.8) is 0 Å². The summed E-state index contributed by atoms with van der Waals surface area (Å²) in [5.41, 5.74) is 2.11. The molecule has 2 aliphatic heterocycles. The fourth-order valence-electron chi connectivity index (χ4n) is 3.90. The van der Waals surface area contributed by atoms with E-state index in [2.05, 4.69) is 10.4 Å². The summed E-state index contributed by atoms with van der Waals surface area (Å²) in [7, 11) is 1.54. The van der Waals surface area contributed by atoms with E-state index in [1.807, 2.05) is 15.6 Å². The number of hydrogen-bond acceptors (Lipinski definition) is 4. The molecule has 148 valence electrons. The van der Waals surface area contributed by atoms with E-state index in [1.165, 1.54) is 7.11 Å². The summed E-state index contributed by atoms with van der Waals surface area (Å²) in [6.07, 6.45) is 2.52. The minimum atomic E-state index is -0.0568. The van der Waals surface area contributed by atoms with E-state index in [4.69, 9.17) is 16.3 Å². The molecule has 2 aromatic rings. The first-order valence-corrected chi connectivity index (χ1v) is 9.93. The van der Waals surface area contributed by atoms with Crippen LogP contribution in [0.1, 0.15) is 51.7 Å². The molecule has 4 rings (SSSR count). The quantitative estimate of drug-likeness (QED) is 0.856. The van der Waals surface area contributed by atoms with Crippen molar-refractivity contribution in [2.24, 2.45) is 0 Å². The summed E-state index contributed by atoms with van der Waals surface area (Å²) in [4.78, 5) is 26.9. The first-order valence-electron chi connectivity index (χ1n) is 9.55. The fraction of sp³-hybridized carbons (Fsp3) is 0.450. The van der Waals surface area contributed by atoms with Crippen molar-refractivity contribution in [1.82, 2.24) is 20.0 Å². The number of piperidine rings is 1. The number of halogens is 1. The molecule has 2 aliphatic rings. The highest BCUT2D eigenvalue weighted by Crippen LogP contribution is 2.30. The zero-order chi connectivity index (χ0) is 19.7. The highest BCUT2D eigenvalue weighted by molar-refractivity contribution is 6.30. The first-order chi connectivity index (χ1) is 13.6. The van der Waals surface area contributed by atoms with Crippen LogP contribution in [0.4, 0.5) is 0 Å². The van der Waals surface area contributed by atoms with Gasteiger partial charge in [0.2, 0.25) is 0 Å². The molecule has 0 spiro atoms.